The quantitative estimate of drug-likeness (QED) is 0.794. The Kier molecular flexibility index (Phi) is 5.81. The van der Waals surface area contributed by atoms with Gasteiger partial charge in [0, 0.05) is 13.1 Å². The Morgan fingerprint density at radius 2 is 1.95 bits per heavy atom. The zero-order valence-corrected chi connectivity index (χ0v) is 13.4. The topological polar surface area (TPSA) is 70.2 Å². The number of urea groups is 1. The van der Waals surface area contributed by atoms with Crippen molar-refractivity contribution in [3.8, 4) is 0 Å². The zero-order chi connectivity index (χ0) is 15.9. The lowest BCUT2D eigenvalue weighted by Crippen LogP contribution is -2.49. The molecule has 1 saturated heterocycles. The Labute approximate surface area is 131 Å². The third-order valence-corrected chi connectivity index (χ3v) is 3.82. The van der Waals surface area contributed by atoms with Crippen molar-refractivity contribution in [2.45, 2.75) is 45.6 Å². The largest absolute Gasteiger partial charge is 0.354 e. The molecule has 22 heavy (non-hydrogen) atoms. The SMILES string of the molecule is Cc1cc(C)cc(CCNC(=O)N[C@H]2CCCCNC2=O)c1. The molecule has 1 aromatic carbocycles. The van der Waals surface area contributed by atoms with Crippen LogP contribution in [0.1, 0.15) is 36.0 Å². The van der Waals surface area contributed by atoms with E-state index in [9.17, 15) is 9.59 Å². The van der Waals surface area contributed by atoms with Gasteiger partial charge in [-0.3, -0.25) is 4.79 Å². The first kappa shape index (κ1) is 16.3. The Morgan fingerprint density at radius 3 is 2.68 bits per heavy atom. The van der Waals surface area contributed by atoms with Crippen LogP contribution in [0.4, 0.5) is 4.79 Å². The van der Waals surface area contributed by atoms with Gasteiger partial charge in [-0.15, -0.1) is 0 Å². The normalized spacial score (nSPS) is 18.3. The fourth-order valence-electron chi connectivity index (χ4n) is 2.82. The van der Waals surface area contributed by atoms with Gasteiger partial charge in [0.25, 0.3) is 0 Å². The molecule has 1 aromatic rings. The smallest absolute Gasteiger partial charge is 0.315 e. The molecule has 5 nitrogen and oxygen atoms in total. The first-order chi connectivity index (χ1) is 10.5. The van der Waals surface area contributed by atoms with Crippen LogP contribution >= 0.6 is 0 Å². The van der Waals surface area contributed by atoms with E-state index in [0.29, 0.717) is 19.5 Å². The average molecular weight is 303 g/mol. The molecular formula is C17H25N3O2. The van der Waals surface area contributed by atoms with Gasteiger partial charge in [-0.05, 0) is 45.1 Å². The lowest BCUT2D eigenvalue weighted by molar-refractivity contribution is -0.122. The van der Waals surface area contributed by atoms with E-state index in [2.05, 4.69) is 48.0 Å². The van der Waals surface area contributed by atoms with E-state index < -0.39 is 6.04 Å². The molecule has 3 N–H and O–H groups in total. The Hall–Kier alpha value is -2.04. The highest BCUT2D eigenvalue weighted by Crippen LogP contribution is 2.09. The van der Waals surface area contributed by atoms with Crippen molar-refractivity contribution in [3.63, 3.8) is 0 Å². The summed E-state index contributed by atoms with van der Waals surface area (Å²) in [6.07, 6.45) is 3.41. The fraction of sp³-hybridized carbons (Fsp3) is 0.529. The van der Waals surface area contributed by atoms with E-state index in [-0.39, 0.29) is 11.9 Å². The molecule has 0 saturated carbocycles. The molecule has 1 fully saturated rings. The van der Waals surface area contributed by atoms with Gasteiger partial charge in [-0.1, -0.05) is 29.3 Å². The molecule has 3 amide bonds. The summed E-state index contributed by atoms with van der Waals surface area (Å²) in [6, 6.07) is 5.71. The minimum Gasteiger partial charge on any atom is -0.354 e. The molecular weight excluding hydrogens is 278 g/mol. The maximum Gasteiger partial charge on any atom is 0.315 e. The molecule has 2 rings (SSSR count). The van der Waals surface area contributed by atoms with Crippen molar-refractivity contribution < 1.29 is 9.59 Å². The predicted octanol–water partition coefficient (Wildman–Crippen LogP) is 1.81. The maximum atomic E-state index is 11.9. The highest BCUT2D eigenvalue weighted by Gasteiger charge is 2.21. The van der Waals surface area contributed by atoms with Gasteiger partial charge in [-0.2, -0.15) is 0 Å². The summed E-state index contributed by atoms with van der Waals surface area (Å²) in [5.41, 5.74) is 3.68. The molecule has 0 unspecified atom stereocenters. The van der Waals surface area contributed by atoms with Gasteiger partial charge in [0.2, 0.25) is 5.91 Å². The van der Waals surface area contributed by atoms with Crippen LogP contribution in [0.2, 0.25) is 0 Å². The van der Waals surface area contributed by atoms with Crippen LogP contribution in [0.15, 0.2) is 18.2 Å². The van der Waals surface area contributed by atoms with E-state index >= 15 is 0 Å². The second kappa shape index (κ2) is 7.82. The van der Waals surface area contributed by atoms with Crippen molar-refractivity contribution in [2.75, 3.05) is 13.1 Å². The molecule has 0 bridgehead atoms. The van der Waals surface area contributed by atoms with E-state index in [4.69, 9.17) is 0 Å². The molecule has 5 heteroatoms. The van der Waals surface area contributed by atoms with Gasteiger partial charge in [-0.25, -0.2) is 4.79 Å². The van der Waals surface area contributed by atoms with E-state index in [0.717, 1.165) is 19.3 Å². The molecule has 120 valence electrons. The molecule has 1 aliphatic rings. The van der Waals surface area contributed by atoms with Crippen molar-refractivity contribution in [3.05, 3.63) is 34.9 Å². The van der Waals surface area contributed by atoms with Gasteiger partial charge in [0.15, 0.2) is 0 Å². The highest BCUT2D eigenvalue weighted by atomic mass is 16.2. The fourth-order valence-corrected chi connectivity index (χ4v) is 2.82. The van der Waals surface area contributed by atoms with Crippen molar-refractivity contribution in [1.82, 2.24) is 16.0 Å². The minimum atomic E-state index is -0.413. The Balaban J connectivity index is 1.76. The number of amides is 3. The van der Waals surface area contributed by atoms with Crippen LogP contribution in [0.25, 0.3) is 0 Å². The average Bonchev–Trinajstić information content (AvgIpc) is 2.63. The Bertz CT molecular complexity index is 522. The third-order valence-electron chi connectivity index (χ3n) is 3.82. The summed E-state index contributed by atoms with van der Waals surface area (Å²) < 4.78 is 0. The second-order valence-electron chi connectivity index (χ2n) is 5.99. The van der Waals surface area contributed by atoms with Crippen LogP contribution in [-0.4, -0.2) is 31.1 Å². The van der Waals surface area contributed by atoms with Crippen molar-refractivity contribution >= 4 is 11.9 Å². The van der Waals surface area contributed by atoms with Crippen LogP contribution in [-0.2, 0) is 11.2 Å². The highest BCUT2D eigenvalue weighted by molar-refractivity contribution is 5.87. The summed E-state index contributed by atoms with van der Waals surface area (Å²) in [4.78, 5) is 23.7. The number of carbonyl (C=O) groups excluding carboxylic acids is 2. The number of hydrogen-bond acceptors (Lipinski definition) is 2. The first-order valence-corrected chi connectivity index (χ1v) is 7.94. The molecule has 1 atom stereocenters. The molecule has 1 aliphatic heterocycles. The number of benzene rings is 1. The number of hydrogen-bond donors (Lipinski definition) is 3. The summed E-state index contributed by atoms with van der Waals surface area (Å²) in [7, 11) is 0. The second-order valence-corrected chi connectivity index (χ2v) is 5.99. The molecule has 0 aliphatic carbocycles. The third kappa shape index (κ3) is 5.06. The van der Waals surface area contributed by atoms with Gasteiger partial charge in [0.05, 0.1) is 0 Å². The molecule has 0 radical (unpaired) electrons. The van der Waals surface area contributed by atoms with Gasteiger partial charge in [0.1, 0.15) is 6.04 Å². The minimum absolute atomic E-state index is 0.0815. The van der Waals surface area contributed by atoms with E-state index in [1.807, 2.05) is 0 Å². The van der Waals surface area contributed by atoms with Crippen LogP contribution in [0, 0.1) is 13.8 Å². The summed E-state index contributed by atoms with van der Waals surface area (Å²) in [5, 5.41) is 8.40. The summed E-state index contributed by atoms with van der Waals surface area (Å²) in [5.74, 6) is -0.0815. The molecule has 0 spiro atoms. The first-order valence-electron chi connectivity index (χ1n) is 7.94. The zero-order valence-electron chi connectivity index (χ0n) is 13.4. The Morgan fingerprint density at radius 1 is 1.23 bits per heavy atom. The lowest BCUT2D eigenvalue weighted by Gasteiger charge is -2.15. The van der Waals surface area contributed by atoms with Crippen LogP contribution in [0.3, 0.4) is 0 Å². The van der Waals surface area contributed by atoms with Crippen molar-refractivity contribution in [1.29, 1.82) is 0 Å². The van der Waals surface area contributed by atoms with Crippen LogP contribution in [0.5, 0.6) is 0 Å². The van der Waals surface area contributed by atoms with E-state index in [1.165, 1.54) is 16.7 Å². The number of rotatable bonds is 4. The monoisotopic (exact) mass is 303 g/mol. The van der Waals surface area contributed by atoms with Crippen LogP contribution < -0.4 is 16.0 Å². The summed E-state index contributed by atoms with van der Waals surface area (Å²) in [6.45, 7) is 5.40. The van der Waals surface area contributed by atoms with Crippen molar-refractivity contribution in [2.24, 2.45) is 0 Å². The van der Waals surface area contributed by atoms with Gasteiger partial charge >= 0.3 is 6.03 Å². The van der Waals surface area contributed by atoms with E-state index in [1.54, 1.807) is 0 Å². The standard InChI is InChI=1S/C17H25N3O2/c1-12-9-13(2)11-14(10-12)6-8-19-17(22)20-15-5-3-4-7-18-16(15)21/h9-11,15H,3-8H2,1-2H3,(H,18,21)(H2,19,20,22)/t15-/m0/s1. The predicted molar refractivity (Wildman–Crippen MR) is 86.8 cm³/mol. The number of carbonyl (C=O) groups is 2. The summed E-state index contributed by atoms with van der Waals surface area (Å²) >= 11 is 0. The lowest BCUT2D eigenvalue weighted by atomic mass is 10.1. The molecule has 1 heterocycles. The maximum absolute atomic E-state index is 11.9. The molecule has 0 aromatic heterocycles. The number of aryl methyl sites for hydroxylation is 2. The van der Waals surface area contributed by atoms with Gasteiger partial charge < -0.3 is 16.0 Å². The number of nitrogens with one attached hydrogen (secondary N) is 3.